The highest BCUT2D eigenvalue weighted by molar-refractivity contribution is 7.73. The van der Waals surface area contributed by atoms with Crippen molar-refractivity contribution in [1.29, 1.82) is 0 Å². The SMILES string of the molecule is COc1ccc(NC(=O)Cn2c(-c3ccc(C)cc3)csc2=S)cc1OC. The Morgan fingerprint density at radius 1 is 1.11 bits per heavy atom. The molecule has 0 radical (unpaired) electrons. The van der Waals surface area contributed by atoms with Crippen LogP contribution < -0.4 is 14.8 Å². The minimum absolute atomic E-state index is 0.139. The van der Waals surface area contributed by atoms with Crippen LogP contribution in [-0.4, -0.2) is 24.7 Å². The van der Waals surface area contributed by atoms with Crippen LogP contribution in [0.5, 0.6) is 11.5 Å². The lowest BCUT2D eigenvalue weighted by Crippen LogP contribution is -2.19. The van der Waals surface area contributed by atoms with Crippen molar-refractivity contribution in [2.45, 2.75) is 13.5 Å². The van der Waals surface area contributed by atoms with Crippen LogP contribution in [0.15, 0.2) is 47.8 Å². The lowest BCUT2D eigenvalue weighted by molar-refractivity contribution is -0.116. The van der Waals surface area contributed by atoms with Crippen LogP contribution in [0.25, 0.3) is 11.3 Å². The number of hydrogen-bond donors (Lipinski definition) is 1. The highest BCUT2D eigenvalue weighted by atomic mass is 32.1. The summed E-state index contributed by atoms with van der Waals surface area (Å²) in [7, 11) is 3.13. The molecule has 0 atom stereocenters. The van der Waals surface area contributed by atoms with Crippen molar-refractivity contribution in [1.82, 2.24) is 4.57 Å². The van der Waals surface area contributed by atoms with Gasteiger partial charge in [-0.2, -0.15) is 0 Å². The molecule has 0 saturated carbocycles. The number of carbonyl (C=O) groups is 1. The maximum absolute atomic E-state index is 12.6. The van der Waals surface area contributed by atoms with Crippen molar-refractivity contribution in [3.63, 3.8) is 0 Å². The Morgan fingerprint density at radius 2 is 1.81 bits per heavy atom. The number of hydrogen-bond acceptors (Lipinski definition) is 5. The number of rotatable bonds is 6. The number of nitrogens with zero attached hydrogens (tertiary/aromatic N) is 1. The van der Waals surface area contributed by atoms with Crippen LogP contribution in [0.2, 0.25) is 0 Å². The fourth-order valence-electron chi connectivity index (χ4n) is 2.69. The van der Waals surface area contributed by atoms with E-state index in [1.54, 1.807) is 32.4 Å². The van der Waals surface area contributed by atoms with Gasteiger partial charge in [-0.3, -0.25) is 4.79 Å². The number of aryl methyl sites for hydroxylation is 1. The molecular weight excluding hydrogens is 380 g/mol. The topological polar surface area (TPSA) is 52.5 Å². The van der Waals surface area contributed by atoms with Gasteiger partial charge < -0.3 is 19.4 Å². The van der Waals surface area contributed by atoms with Crippen LogP contribution in [0, 0.1) is 10.9 Å². The molecule has 3 aromatic rings. The molecule has 1 aromatic heterocycles. The van der Waals surface area contributed by atoms with Gasteiger partial charge in [-0.15, -0.1) is 11.3 Å². The molecule has 2 aromatic carbocycles. The normalized spacial score (nSPS) is 10.5. The van der Waals surface area contributed by atoms with E-state index in [0.717, 1.165) is 11.3 Å². The Bertz CT molecular complexity index is 1010. The zero-order chi connectivity index (χ0) is 19.4. The number of amides is 1. The Hall–Kier alpha value is -2.64. The van der Waals surface area contributed by atoms with E-state index in [1.807, 2.05) is 41.1 Å². The molecular formula is C20H20N2O3S2. The summed E-state index contributed by atoms with van der Waals surface area (Å²) in [5.74, 6) is 1.00. The quantitative estimate of drug-likeness (QED) is 0.597. The Morgan fingerprint density at radius 3 is 2.48 bits per heavy atom. The van der Waals surface area contributed by atoms with Gasteiger partial charge in [0.05, 0.1) is 19.9 Å². The van der Waals surface area contributed by atoms with Gasteiger partial charge in [-0.25, -0.2) is 0 Å². The second kappa shape index (κ2) is 8.37. The van der Waals surface area contributed by atoms with Gasteiger partial charge in [-0.1, -0.05) is 29.8 Å². The smallest absolute Gasteiger partial charge is 0.244 e. The third-order valence-corrected chi connectivity index (χ3v) is 5.37. The largest absolute Gasteiger partial charge is 0.493 e. The van der Waals surface area contributed by atoms with Gasteiger partial charge in [0.15, 0.2) is 15.5 Å². The summed E-state index contributed by atoms with van der Waals surface area (Å²) in [4.78, 5) is 12.6. The van der Waals surface area contributed by atoms with E-state index in [9.17, 15) is 4.79 Å². The lowest BCUT2D eigenvalue weighted by Gasteiger charge is -2.12. The van der Waals surface area contributed by atoms with Crippen LogP contribution in [-0.2, 0) is 11.3 Å². The number of anilines is 1. The van der Waals surface area contributed by atoms with E-state index in [-0.39, 0.29) is 12.5 Å². The highest BCUT2D eigenvalue weighted by Gasteiger charge is 2.12. The van der Waals surface area contributed by atoms with Gasteiger partial charge in [0.25, 0.3) is 0 Å². The van der Waals surface area contributed by atoms with Crippen LogP contribution >= 0.6 is 23.6 Å². The number of aromatic nitrogens is 1. The van der Waals surface area contributed by atoms with E-state index >= 15 is 0 Å². The molecule has 0 fully saturated rings. The molecule has 1 heterocycles. The average Bonchev–Trinajstić information content (AvgIpc) is 3.02. The van der Waals surface area contributed by atoms with Crippen LogP contribution in [0.1, 0.15) is 5.56 Å². The highest BCUT2D eigenvalue weighted by Crippen LogP contribution is 2.30. The van der Waals surface area contributed by atoms with Crippen molar-refractivity contribution >= 4 is 35.1 Å². The van der Waals surface area contributed by atoms with Gasteiger partial charge >= 0.3 is 0 Å². The zero-order valence-corrected chi connectivity index (χ0v) is 16.9. The summed E-state index contributed by atoms with van der Waals surface area (Å²) in [6.07, 6.45) is 0. The summed E-state index contributed by atoms with van der Waals surface area (Å²) in [6, 6.07) is 13.4. The molecule has 0 aliphatic heterocycles. The summed E-state index contributed by atoms with van der Waals surface area (Å²) < 4.78 is 13.0. The molecule has 0 bridgehead atoms. The first kappa shape index (κ1) is 19.1. The molecule has 0 unspecified atom stereocenters. The van der Waals surface area contributed by atoms with E-state index in [1.165, 1.54) is 16.9 Å². The summed E-state index contributed by atoms with van der Waals surface area (Å²) in [6.45, 7) is 2.18. The average molecular weight is 401 g/mol. The lowest BCUT2D eigenvalue weighted by atomic mass is 10.1. The van der Waals surface area contributed by atoms with Crippen molar-refractivity contribution in [2.24, 2.45) is 0 Å². The molecule has 140 valence electrons. The maximum Gasteiger partial charge on any atom is 0.244 e. The summed E-state index contributed by atoms with van der Waals surface area (Å²) >= 11 is 6.87. The third kappa shape index (κ3) is 4.37. The first-order valence-corrected chi connectivity index (χ1v) is 9.58. The van der Waals surface area contributed by atoms with E-state index < -0.39 is 0 Å². The number of ether oxygens (including phenoxy) is 2. The Kier molecular flexibility index (Phi) is 5.93. The molecule has 7 heteroatoms. The minimum atomic E-state index is -0.162. The molecule has 0 saturated heterocycles. The number of nitrogens with one attached hydrogen (secondary N) is 1. The first-order valence-electron chi connectivity index (χ1n) is 8.29. The number of benzene rings is 2. The fraction of sp³-hybridized carbons (Fsp3) is 0.200. The summed E-state index contributed by atoms with van der Waals surface area (Å²) in [5.41, 5.74) is 3.79. The standard InChI is InChI=1S/C20H20N2O3S2/c1-13-4-6-14(7-5-13)16-12-27-20(26)22(16)11-19(23)21-15-8-9-17(24-2)18(10-15)25-3/h4-10,12H,11H2,1-3H3,(H,21,23). The van der Waals surface area contributed by atoms with Crippen molar-refractivity contribution in [3.8, 4) is 22.8 Å². The molecule has 0 spiro atoms. The maximum atomic E-state index is 12.6. The number of carbonyl (C=O) groups excluding carboxylic acids is 1. The van der Waals surface area contributed by atoms with Crippen LogP contribution in [0.3, 0.4) is 0 Å². The number of methoxy groups -OCH3 is 2. The second-order valence-electron chi connectivity index (χ2n) is 5.96. The Labute approximate surface area is 167 Å². The molecule has 1 amide bonds. The second-order valence-corrected chi connectivity index (χ2v) is 7.46. The molecule has 3 rings (SSSR count). The molecule has 27 heavy (non-hydrogen) atoms. The van der Waals surface area contributed by atoms with Gasteiger partial charge in [0, 0.05) is 17.1 Å². The van der Waals surface area contributed by atoms with Crippen molar-refractivity contribution in [3.05, 3.63) is 57.4 Å². The van der Waals surface area contributed by atoms with Gasteiger partial charge in [0.1, 0.15) is 6.54 Å². The van der Waals surface area contributed by atoms with E-state index in [0.29, 0.717) is 21.1 Å². The zero-order valence-electron chi connectivity index (χ0n) is 15.3. The van der Waals surface area contributed by atoms with E-state index in [4.69, 9.17) is 21.7 Å². The molecule has 0 aliphatic carbocycles. The Balaban J connectivity index is 1.80. The van der Waals surface area contributed by atoms with E-state index in [2.05, 4.69) is 5.32 Å². The first-order chi connectivity index (χ1) is 13.0. The molecule has 0 aliphatic rings. The monoisotopic (exact) mass is 400 g/mol. The van der Waals surface area contributed by atoms with Crippen LogP contribution in [0.4, 0.5) is 5.69 Å². The van der Waals surface area contributed by atoms with Crippen molar-refractivity contribution < 1.29 is 14.3 Å². The van der Waals surface area contributed by atoms with Gasteiger partial charge in [0.2, 0.25) is 5.91 Å². The fourth-order valence-corrected chi connectivity index (χ4v) is 3.76. The molecule has 5 nitrogen and oxygen atoms in total. The predicted molar refractivity (Wildman–Crippen MR) is 111 cm³/mol. The predicted octanol–water partition coefficient (Wildman–Crippen LogP) is 4.91. The minimum Gasteiger partial charge on any atom is -0.493 e. The summed E-state index contributed by atoms with van der Waals surface area (Å²) in [5, 5.41) is 4.87. The number of thiazole rings is 1. The van der Waals surface area contributed by atoms with Gasteiger partial charge in [-0.05, 0) is 36.8 Å². The third-order valence-electron chi connectivity index (χ3n) is 4.10. The molecule has 1 N–H and O–H groups in total. The van der Waals surface area contributed by atoms with Crippen molar-refractivity contribution in [2.75, 3.05) is 19.5 Å².